The molecule has 1 aliphatic rings. The van der Waals surface area contributed by atoms with Crippen LogP contribution >= 0.6 is 11.8 Å². The Morgan fingerprint density at radius 3 is 3.04 bits per heavy atom. The number of carbonyl (C=O) groups is 1. The largest absolute Gasteiger partial charge is 0.409 e. The average Bonchev–Trinajstić information content (AvgIpc) is 3.28. The van der Waals surface area contributed by atoms with Gasteiger partial charge in [-0.25, -0.2) is 0 Å². The molecule has 2 aromatic heterocycles. The molecule has 1 amide bonds. The van der Waals surface area contributed by atoms with Crippen LogP contribution in [0.25, 0.3) is 11.6 Å². The van der Waals surface area contributed by atoms with Gasteiger partial charge in [0.1, 0.15) is 5.76 Å². The Balaban J connectivity index is 1.42. The third-order valence-electron chi connectivity index (χ3n) is 3.98. The van der Waals surface area contributed by atoms with Gasteiger partial charge in [0.2, 0.25) is 5.91 Å². The summed E-state index contributed by atoms with van der Waals surface area (Å²) in [5, 5.41) is 12.1. The summed E-state index contributed by atoms with van der Waals surface area (Å²) >= 11 is 1.23. The van der Waals surface area contributed by atoms with Crippen molar-refractivity contribution in [3.8, 4) is 11.6 Å². The highest BCUT2D eigenvalue weighted by Gasteiger charge is 2.23. The van der Waals surface area contributed by atoms with E-state index in [1.165, 1.54) is 17.3 Å². The number of thioether (sulfide) groups is 1. The first-order chi connectivity index (χ1) is 12.2. The van der Waals surface area contributed by atoms with Gasteiger partial charge in [-0.05, 0) is 31.4 Å². The van der Waals surface area contributed by atoms with Gasteiger partial charge in [-0.2, -0.15) is 0 Å². The molecule has 7 nitrogen and oxygen atoms in total. The molecule has 4 rings (SSSR count). The van der Waals surface area contributed by atoms with Crippen LogP contribution in [0.2, 0.25) is 0 Å². The van der Waals surface area contributed by atoms with E-state index in [-0.39, 0.29) is 17.6 Å². The highest BCUT2D eigenvalue weighted by atomic mass is 32.2. The molecule has 0 fully saturated rings. The van der Waals surface area contributed by atoms with Gasteiger partial charge in [0.15, 0.2) is 5.69 Å². The molecule has 0 spiro atoms. The van der Waals surface area contributed by atoms with Gasteiger partial charge in [0, 0.05) is 18.3 Å². The summed E-state index contributed by atoms with van der Waals surface area (Å²) in [7, 11) is 0. The van der Waals surface area contributed by atoms with Crippen molar-refractivity contribution in [1.29, 1.82) is 0 Å². The smallest absolute Gasteiger partial charge is 0.277 e. The van der Waals surface area contributed by atoms with E-state index < -0.39 is 0 Å². The van der Waals surface area contributed by atoms with Crippen molar-refractivity contribution in [1.82, 2.24) is 15.4 Å². The summed E-state index contributed by atoms with van der Waals surface area (Å²) in [6, 6.07) is 9.76. The van der Waals surface area contributed by atoms with Crippen molar-refractivity contribution in [3.63, 3.8) is 0 Å². The number of aryl methyl sites for hydroxylation is 2. The normalized spacial score (nSPS) is 13.7. The highest BCUT2D eigenvalue weighted by molar-refractivity contribution is 7.99. The molecule has 1 aliphatic heterocycles. The lowest BCUT2D eigenvalue weighted by molar-refractivity contribution is -0.116. The van der Waals surface area contributed by atoms with Crippen molar-refractivity contribution in [2.45, 2.75) is 25.0 Å². The van der Waals surface area contributed by atoms with Crippen LogP contribution < -0.4 is 4.90 Å². The zero-order valence-electron chi connectivity index (χ0n) is 13.6. The fraction of sp³-hybridized carbons (Fsp3) is 0.294. The first kappa shape index (κ1) is 15.9. The number of rotatable bonds is 4. The third-order valence-corrected chi connectivity index (χ3v) is 4.79. The van der Waals surface area contributed by atoms with Crippen LogP contribution in [0.5, 0.6) is 0 Å². The molecule has 0 saturated heterocycles. The Morgan fingerprint density at radius 2 is 2.20 bits per heavy atom. The molecule has 0 N–H and O–H groups in total. The van der Waals surface area contributed by atoms with Crippen molar-refractivity contribution in [2.75, 3.05) is 17.2 Å². The van der Waals surface area contributed by atoms with Crippen LogP contribution in [0.3, 0.4) is 0 Å². The molecular formula is C17H16N4O3S. The van der Waals surface area contributed by atoms with E-state index in [1.54, 1.807) is 13.0 Å². The Kier molecular flexibility index (Phi) is 4.27. The molecular weight excluding hydrogens is 340 g/mol. The van der Waals surface area contributed by atoms with Gasteiger partial charge >= 0.3 is 0 Å². The zero-order valence-corrected chi connectivity index (χ0v) is 14.5. The molecule has 3 heterocycles. The fourth-order valence-electron chi connectivity index (χ4n) is 2.83. The topological polar surface area (TPSA) is 85.3 Å². The van der Waals surface area contributed by atoms with E-state index >= 15 is 0 Å². The molecule has 25 heavy (non-hydrogen) atoms. The SMILES string of the molecule is Cc1cc(-c2nnc(SCC(=O)N3CCCc4ccccc43)o2)no1. The predicted molar refractivity (Wildman–Crippen MR) is 92.4 cm³/mol. The summed E-state index contributed by atoms with van der Waals surface area (Å²) in [6.45, 7) is 2.53. The minimum Gasteiger partial charge on any atom is -0.409 e. The third kappa shape index (κ3) is 3.30. The molecule has 0 aliphatic carbocycles. The van der Waals surface area contributed by atoms with Gasteiger partial charge in [-0.15, -0.1) is 10.2 Å². The van der Waals surface area contributed by atoms with E-state index in [0.717, 1.165) is 25.1 Å². The molecule has 0 unspecified atom stereocenters. The lowest BCUT2D eigenvalue weighted by Gasteiger charge is -2.29. The van der Waals surface area contributed by atoms with Crippen molar-refractivity contribution < 1.29 is 13.7 Å². The standard InChI is InChI=1S/C17H16N4O3S/c1-11-9-13(20-24-11)16-18-19-17(23-16)25-10-15(22)21-8-4-6-12-5-2-3-7-14(12)21/h2-3,5,7,9H,4,6,8,10H2,1H3. The average molecular weight is 356 g/mol. The quantitative estimate of drug-likeness (QED) is 0.664. The van der Waals surface area contributed by atoms with Crippen LogP contribution in [0.1, 0.15) is 17.7 Å². The number of fused-ring (bicyclic) bond motifs is 1. The first-order valence-corrected chi connectivity index (χ1v) is 8.97. The Bertz CT molecular complexity index is 905. The lowest BCUT2D eigenvalue weighted by atomic mass is 10.0. The molecule has 0 radical (unpaired) electrons. The van der Waals surface area contributed by atoms with E-state index in [1.807, 2.05) is 23.1 Å². The van der Waals surface area contributed by atoms with E-state index in [2.05, 4.69) is 21.4 Å². The molecule has 1 aromatic carbocycles. The summed E-state index contributed by atoms with van der Waals surface area (Å²) in [4.78, 5) is 14.4. The number of hydrogen-bond acceptors (Lipinski definition) is 7. The minimum absolute atomic E-state index is 0.0363. The fourth-order valence-corrected chi connectivity index (χ4v) is 3.47. The van der Waals surface area contributed by atoms with Crippen LogP contribution in [-0.2, 0) is 11.2 Å². The van der Waals surface area contributed by atoms with Gasteiger partial charge < -0.3 is 13.8 Å². The van der Waals surface area contributed by atoms with Crippen LogP contribution in [0.15, 0.2) is 44.5 Å². The maximum Gasteiger partial charge on any atom is 0.277 e. The molecule has 0 saturated carbocycles. The van der Waals surface area contributed by atoms with E-state index in [9.17, 15) is 4.79 Å². The maximum atomic E-state index is 12.6. The number of benzene rings is 1. The van der Waals surface area contributed by atoms with Crippen LogP contribution in [0.4, 0.5) is 5.69 Å². The van der Waals surface area contributed by atoms with Crippen LogP contribution in [-0.4, -0.2) is 33.6 Å². The molecule has 3 aromatic rings. The number of hydrogen-bond donors (Lipinski definition) is 0. The van der Waals surface area contributed by atoms with Gasteiger partial charge in [0.05, 0.1) is 5.75 Å². The van der Waals surface area contributed by atoms with E-state index in [4.69, 9.17) is 8.94 Å². The summed E-state index contributed by atoms with van der Waals surface area (Å²) in [5.74, 6) is 1.24. The van der Waals surface area contributed by atoms with E-state index in [0.29, 0.717) is 16.7 Å². The number of anilines is 1. The van der Waals surface area contributed by atoms with Crippen molar-refractivity contribution >= 4 is 23.4 Å². The monoisotopic (exact) mass is 356 g/mol. The van der Waals surface area contributed by atoms with Crippen LogP contribution in [0, 0.1) is 6.92 Å². The Labute approximate surface area is 148 Å². The minimum atomic E-state index is 0.0363. The van der Waals surface area contributed by atoms with Gasteiger partial charge in [0.25, 0.3) is 11.1 Å². The molecule has 128 valence electrons. The summed E-state index contributed by atoms with van der Waals surface area (Å²) in [5.41, 5.74) is 2.71. The Hall–Kier alpha value is -2.61. The molecule has 0 atom stereocenters. The summed E-state index contributed by atoms with van der Waals surface area (Å²) < 4.78 is 10.5. The van der Waals surface area contributed by atoms with Crippen molar-refractivity contribution in [3.05, 3.63) is 41.7 Å². The second kappa shape index (κ2) is 6.72. The predicted octanol–water partition coefficient (Wildman–Crippen LogP) is 3.10. The highest BCUT2D eigenvalue weighted by Crippen LogP contribution is 2.28. The zero-order chi connectivity index (χ0) is 17.2. The Morgan fingerprint density at radius 1 is 1.32 bits per heavy atom. The maximum absolute atomic E-state index is 12.6. The summed E-state index contributed by atoms with van der Waals surface area (Å²) in [6.07, 6.45) is 1.99. The second-order valence-corrected chi connectivity index (χ2v) is 6.69. The molecule has 0 bridgehead atoms. The van der Waals surface area contributed by atoms with Gasteiger partial charge in [-0.3, -0.25) is 4.79 Å². The number of aromatic nitrogens is 3. The van der Waals surface area contributed by atoms with Gasteiger partial charge in [-0.1, -0.05) is 35.1 Å². The second-order valence-electron chi connectivity index (χ2n) is 5.76. The number of carbonyl (C=O) groups excluding carboxylic acids is 1. The van der Waals surface area contributed by atoms with Crippen molar-refractivity contribution in [2.24, 2.45) is 0 Å². The lowest BCUT2D eigenvalue weighted by Crippen LogP contribution is -2.36. The number of nitrogens with zero attached hydrogens (tertiary/aromatic N) is 4. The first-order valence-electron chi connectivity index (χ1n) is 7.99. The number of amides is 1. The molecule has 8 heteroatoms. The number of para-hydroxylation sites is 1.